The number of likely N-dealkylation sites (N-methyl/N-ethyl adjacent to an activating group) is 2. The molecule has 57 heavy (non-hydrogen) atoms. The monoisotopic (exact) mass is 798 g/mol. The van der Waals surface area contributed by atoms with E-state index in [0.717, 1.165) is 16.7 Å². The van der Waals surface area contributed by atoms with Gasteiger partial charge in [-0.25, -0.2) is 4.79 Å². The molecular formula is C42H46N4O10S. The average molecular weight is 799 g/mol. The van der Waals surface area contributed by atoms with Gasteiger partial charge in [0.25, 0.3) is 0 Å². The van der Waals surface area contributed by atoms with Crippen LogP contribution in [0, 0.1) is 25.2 Å². The lowest BCUT2D eigenvalue weighted by Gasteiger charge is -2.62. The molecule has 7 heterocycles. The Morgan fingerprint density at radius 1 is 1.05 bits per heavy atom. The highest BCUT2D eigenvalue weighted by atomic mass is 32.2. The van der Waals surface area contributed by atoms with Gasteiger partial charge >= 0.3 is 11.9 Å². The molecule has 2 fully saturated rings. The minimum Gasteiger partial charge on any atom is -0.504 e. The van der Waals surface area contributed by atoms with E-state index in [0.29, 0.717) is 76.7 Å². The van der Waals surface area contributed by atoms with Crippen LogP contribution in [0.5, 0.6) is 40.2 Å². The molecule has 10 rings (SSSR count). The zero-order chi connectivity index (χ0) is 40.2. The largest absolute Gasteiger partial charge is 0.504 e. The van der Waals surface area contributed by atoms with Gasteiger partial charge in [-0.05, 0) is 74.7 Å². The van der Waals surface area contributed by atoms with Crippen LogP contribution >= 0.6 is 11.8 Å². The van der Waals surface area contributed by atoms with Gasteiger partial charge in [0.05, 0.1) is 37.6 Å². The lowest BCUT2D eigenvalue weighted by atomic mass is 9.71. The third-order valence-electron chi connectivity index (χ3n) is 13.2. The molecular weight excluding hydrogens is 753 g/mol. The second-order valence-corrected chi connectivity index (χ2v) is 16.8. The van der Waals surface area contributed by atoms with Gasteiger partial charge < -0.3 is 38.6 Å². The number of hydrogen-bond donors (Lipinski definition) is 2. The van der Waals surface area contributed by atoms with E-state index in [1.165, 1.54) is 25.8 Å². The Hall–Kier alpha value is -4.88. The van der Waals surface area contributed by atoms with E-state index in [1.54, 1.807) is 19.2 Å². The van der Waals surface area contributed by atoms with Crippen molar-refractivity contribution in [2.75, 3.05) is 53.5 Å². The Labute approximate surface area is 335 Å². The highest BCUT2D eigenvalue weighted by Gasteiger charge is 2.62. The van der Waals surface area contributed by atoms with E-state index in [9.17, 15) is 20.3 Å². The highest BCUT2D eigenvalue weighted by molar-refractivity contribution is 7.99. The van der Waals surface area contributed by atoms with Gasteiger partial charge in [-0.15, -0.1) is 11.8 Å². The first-order chi connectivity index (χ1) is 27.4. The van der Waals surface area contributed by atoms with Gasteiger partial charge in [0.15, 0.2) is 40.0 Å². The van der Waals surface area contributed by atoms with Crippen LogP contribution in [0.4, 0.5) is 0 Å². The summed E-state index contributed by atoms with van der Waals surface area (Å²) < 4.78 is 36.5. The van der Waals surface area contributed by atoms with E-state index in [2.05, 4.69) is 26.8 Å². The number of nitrogens with zero attached hydrogens (tertiary/aromatic N) is 4. The van der Waals surface area contributed by atoms with Crippen LogP contribution in [0.1, 0.15) is 75.7 Å². The zero-order valence-corrected chi connectivity index (χ0v) is 33.8. The SMILES string of the molecule is CCN1CCc2cc(O)c(OC)cc2[C@@]12CS[C@@H]1c3c(OC(C)=O)c(C)c4c(c3[C@H](COC2=O)N2C1[C@H]1c3c(cc(C)c(OC)c3O)C[C@@H]([C@@H]2C#N)N1C)OCO4. The maximum atomic E-state index is 15.1. The van der Waals surface area contributed by atoms with Crippen molar-refractivity contribution < 1.29 is 48.2 Å². The predicted molar refractivity (Wildman–Crippen MR) is 207 cm³/mol. The van der Waals surface area contributed by atoms with E-state index in [-0.39, 0.29) is 42.4 Å². The van der Waals surface area contributed by atoms with Crippen LogP contribution in [0.25, 0.3) is 0 Å². The first kappa shape index (κ1) is 37.7. The number of aromatic hydroxyl groups is 2. The number of rotatable bonds is 4. The molecule has 0 amide bonds. The lowest BCUT2D eigenvalue weighted by Crippen LogP contribution is -2.69. The molecule has 7 aliphatic rings. The summed E-state index contributed by atoms with van der Waals surface area (Å²) in [7, 11) is 5.02. The number of carbonyl (C=O) groups excluding carboxylic acids is 2. The third-order valence-corrected chi connectivity index (χ3v) is 14.6. The summed E-state index contributed by atoms with van der Waals surface area (Å²) in [6.45, 7) is 7.95. The number of phenolic OH excluding ortho intramolecular Hbond substituents is 2. The second-order valence-electron chi connectivity index (χ2n) is 15.7. The van der Waals surface area contributed by atoms with Gasteiger partial charge in [0.1, 0.15) is 18.4 Å². The molecule has 0 saturated carbocycles. The van der Waals surface area contributed by atoms with Crippen molar-refractivity contribution in [2.24, 2.45) is 0 Å². The van der Waals surface area contributed by atoms with Crippen LogP contribution < -0.4 is 23.7 Å². The van der Waals surface area contributed by atoms with Gasteiger partial charge in [0, 0.05) is 53.6 Å². The van der Waals surface area contributed by atoms with Crippen molar-refractivity contribution >= 4 is 23.7 Å². The molecule has 3 aromatic carbocycles. The van der Waals surface area contributed by atoms with Crippen molar-refractivity contribution in [3.05, 3.63) is 62.7 Å². The Balaban J connectivity index is 1.35. The van der Waals surface area contributed by atoms with Gasteiger partial charge in [-0.1, -0.05) is 13.0 Å². The summed E-state index contributed by atoms with van der Waals surface area (Å²) in [5, 5.41) is 33.6. The summed E-state index contributed by atoms with van der Waals surface area (Å²) in [6.07, 6.45) is 1.09. The average Bonchev–Trinajstić information content (AvgIpc) is 3.68. The highest BCUT2D eigenvalue weighted by Crippen LogP contribution is 2.65. The quantitative estimate of drug-likeness (QED) is 0.275. The van der Waals surface area contributed by atoms with Crippen molar-refractivity contribution in [1.29, 1.82) is 5.26 Å². The van der Waals surface area contributed by atoms with Crippen LogP contribution in [0.15, 0.2) is 18.2 Å². The summed E-state index contributed by atoms with van der Waals surface area (Å²) in [4.78, 5) is 34.7. The number of carbonyl (C=O) groups is 2. The van der Waals surface area contributed by atoms with Gasteiger partial charge in [-0.2, -0.15) is 5.26 Å². The molecule has 0 aromatic heterocycles. The van der Waals surface area contributed by atoms with Crippen molar-refractivity contribution in [3.8, 4) is 46.3 Å². The van der Waals surface area contributed by atoms with Crippen LogP contribution in [-0.4, -0.2) is 108 Å². The number of methoxy groups -OCH3 is 2. The molecule has 14 nitrogen and oxygen atoms in total. The Morgan fingerprint density at radius 2 is 1.82 bits per heavy atom. The predicted octanol–water partition coefficient (Wildman–Crippen LogP) is 4.72. The molecule has 300 valence electrons. The number of esters is 2. The number of benzene rings is 3. The van der Waals surface area contributed by atoms with E-state index in [1.807, 2.05) is 27.8 Å². The van der Waals surface area contributed by atoms with Crippen LogP contribution in [0.3, 0.4) is 0 Å². The minimum atomic E-state index is -1.31. The number of fused-ring (bicyclic) bond motifs is 9. The molecule has 3 aromatic rings. The molecule has 7 atom stereocenters. The summed E-state index contributed by atoms with van der Waals surface area (Å²) >= 11 is 1.52. The molecule has 15 heteroatoms. The van der Waals surface area contributed by atoms with E-state index >= 15 is 4.79 Å². The Bertz CT molecular complexity index is 2280. The number of nitriles is 1. The number of piperazine rings is 1. The molecule has 2 saturated heterocycles. The van der Waals surface area contributed by atoms with Gasteiger partial charge in [-0.3, -0.25) is 19.5 Å². The maximum absolute atomic E-state index is 15.1. The number of hydrogen-bond acceptors (Lipinski definition) is 15. The number of ether oxygens (including phenoxy) is 6. The Morgan fingerprint density at radius 3 is 2.53 bits per heavy atom. The first-order valence-corrected chi connectivity index (χ1v) is 20.3. The smallest absolute Gasteiger partial charge is 0.332 e. The van der Waals surface area contributed by atoms with Crippen LogP contribution in [0.2, 0.25) is 0 Å². The van der Waals surface area contributed by atoms with E-state index < -0.39 is 46.9 Å². The van der Waals surface area contributed by atoms with Crippen molar-refractivity contribution in [2.45, 2.75) is 81.5 Å². The summed E-state index contributed by atoms with van der Waals surface area (Å²) in [5.74, 6) is 1.13. The molecule has 1 spiro atoms. The number of thioether (sulfide) groups is 1. The van der Waals surface area contributed by atoms with Crippen molar-refractivity contribution in [1.82, 2.24) is 14.7 Å². The molecule has 2 N–H and O–H groups in total. The van der Waals surface area contributed by atoms with Crippen LogP contribution in [-0.2, 0) is 32.7 Å². The fraction of sp³-hybridized carbons (Fsp3) is 0.500. The molecule has 0 radical (unpaired) electrons. The lowest BCUT2D eigenvalue weighted by molar-refractivity contribution is -0.164. The fourth-order valence-electron chi connectivity index (χ4n) is 10.8. The summed E-state index contributed by atoms with van der Waals surface area (Å²) in [6, 6.07) is 5.39. The first-order valence-electron chi connectivity index (χ1n) is 19.3. The van der Waals surface area contributed by atoms with Crippen molar-refractivity contribution in [3.63, 3.8) is 0 Å². The topological polar surface area (TPSA) is 163 Å². The third kappa shape index (κ3) is 5.13. The fourth-order valence-corrected chi connectivity index (χ4v) is 12.6. The maximum Gasteiger partial charge on any atom is 0.332 e. The number of aryl methyl sites for hydroxylation is 1. The van der Waals surface area contributed by atoms with Gasteiger partial charge in [0.2, 0.25) is 6.79 Å². The standard InChI is InChI=1S/C42H46N4O10S/c1-8-45-10-9-22-13-28(48)29(51-6)14-24(22)42(45)17-57-40-32-31(39-38(54-18-55-39)20(3)37(32)56-21(4)47)27(16-53-41(42)50)46-26(15-43)25-12-23-11-19(2)36(52-7)35(49)30(23)33(34(40)46)44(25)5/h11,13-14,25-27,33-34,40,48-49H,8-10,12,16-18H2,1-7H3/t25-,26-,27-,33+,34?,40+,42+/m0/s1. The summed E-state index contributed by atoms with van der Waals surface area (Å²) in [5.41, 5.74) is 4.59. The zero-order valence-electron chi connectivity index (χ0n) is 33.0. The van der Waals surface area contributed by atoms with E-state index in [4.69, 9.17) is 28.4 Å². The Kier molecular flexibility index (Phi) is 9.00. The second kappa shape index (κ2) is 13.6. The minimum absolute atomic E-state index is 0.0118. The number of phenols is 2. The molecule has 7 aliphatic heterocycles. The molecule has 0 aliphatic carbocycles. The molecule has 1 unspecified atom stereocenters. The normalized spacial score (nSPS) is 28.7. The molecule has 4 bridgehead atoms.